The van der Waals surface area contributed by atoms with Gasteiger partial charge in [-0.3, -0.25) is 9.69 Å². The van der Waals surface area contributed by atoms with E-state index < -0.39 is 17.5 Å². The predicted octanol–water partition coefficient (Wildman–Crippen LogP) is 4.62. The van der Waals surface area contributed by atoms with Crippen molar-refractivity contribution in [3.8, 4) is 11.3 Å². The summed E-state index contributed by atoms with van der Waals surface area (Å²) < 4.78 is 5.32. The second kappa shape index (κ2) is 6.96. The second-order valence-corrected chi connectivity index (χ2v) is 7.46. The normalized spacial score (nSPS) is 19.2. The summed E-state index contributed by atoms with van der Waals surface area (Å²) in [5.41, 5.74) is 0.696. The molecule has 2 heterocycles. The fraction of sp³-hybridized carbons (Fsp3) is 0.150. The highest BCUT2D eigenvalue weighted by molar-refractivity contribution is 6.35. The molecule has 1 N–H and O–H groups in total. The molecule has 1 saturated heterocycles. The highest BCUT2D eigenvalue weighted by atomic mass is 35.5. The number of carbonyl (C=O) groups excluding carboxylic acids is 2. The van der Waals surface area contributed by atoms with Gasteiger partial charge in [-0.15, -0.1) is 0 Å². The summed E-state index contributed by atoms with van der Waals surface area (Å²) in [4.78, 5) is 26.6. The lowest BCUT2D eigenvalue weighted by atomic mass is 9.92. The Labute approximate surface area is 171 Å². The number of hydrogen-bond donors (Lipinski definition) is 1. The molecule has 3 aromatic rings. The smallest absolute Gasteiger partial charge is 0.325 e. The minimum Gasteiger partial charge on any atom is -0.359 e. The van der Waals surface area contributed by atoms with E-state index in [1.54, 1.807) is 25.1 Å². The number of imide groups is 1. The molecule has 3 amide bonds. The van der Waals surface area contributed by atoms with Crippen molar-refractivity contribution in [2.75, 3.05) is 0 Å². The number of nitrogens with one attached hydrogen (secondary N) is 1. The lowest BCUT2D eigenvalue weighted by molar-refractivity contribution is -0.131. The molecule has 1 unspecified atom stereocenters. The molecule has 2 aromatic carbocycles. The Hall–Kier alpha value is -2.83. The van der Waals surface area contributed by atoms with E-state index in [1.807, 2.05) is 30.3 Å². The Balaban J connectivity index is 1.59. The Bertz CT molecular complexity index is 1070. The highest BCUT2D eigenvalue weighted by Crippen LogP contribution is 2.35. The second-order valence-electron chi connectivity index (χ2n) is 6.62. The molecule has 1 atom stereocenters. The minimum atomic E-state index is -1.29. The molecule has 4 rings (SSSR count). The molecule has 28 heavy (non-hydrogen) atoms. The van der Waals surface area contributed by atoms with Gasteiger partial charge in [-0.2, -0.15) is 0 Å². The van der Waals surface area contributed by atoms with Crippen LogP contribution < -0.4 is 5.32 Å². The van der Waals surface area contributed by atoms with Gasteiger partial charge >= 0.3 is 6.03 Å². The molecule has 0 radical (unpaired) electrons. The average molecular weight is 416 g/mol. The Morgan fingerprint density at radius 3 is 2.57 bits per heavy atom. The minimum absolute atomic E-state index is 0.0364. The first kappa shape index (κ1) is 18.5. The number of halogens is 2. The molecule has 0 bridgehead atoms. The highest BCUT2D eigenvalue weighted by Gasteiger charge is 2.50. The number of urea groups is 1. The van der Waals surface area contributed by atoms with Crippen LogP contribution in [-0.2, 0) is 16.9 Å². The summed E-state index contributed by atoms with van der Waals surface area (Å²) in [6.45, 7) is 1.57. The molecule has 1 aliphatic heterocycles. The first-order valence-electron chi connectivity index (χ1n) is 8.49. The number of amides is 3. The standard InChI is InChI=1S/C20H15Cl2N3O3/c1-20(15-8-7-13(21)9-16(15)22)18(26)25(19(27)23-20)11-14-10-17(24-28-14)12-5-3-2-4-6-12/h2-10H,11H2,1H3,(H,23,27). The number of carbonyl (C=O) groups is 2. The van der Waals surface area contributed by atoms with Crippen LogP contribution in [-0.4, -0.2) is 22.0 Å². The summed E-state index contributed by atoms with van der Waals surface area (Å²) in [6, 6.07) is 15.5. The van der Waals surface area contributed by atoms with Gasteiger partial charge in [0.05, 0.1) is 6.54 Å². The van der Waals surface area contributed by atoms with Crippen LogP contribution in [0.1, 0.15) is 18.2 Å². The summed E-state index contributed by atoms with van der Waals surface area (Å²) in [7, 11) is 0. The van der Waals surface area contributed by atoms with Gasteiger partial charge < -0.3 is 9.84 Å². The average Bonchev–Trinajstić information content (AvgIpc) is 3.22. The van der Waals surface area contributed by atoms with Crippen LogP contribution in [0.5, 0.6) is 0 Å². The number of hydrogen-bond acceptors (Lipinski definition) is 4. The van der Waals surface area contributed by atoms with E-state index in [4.69, 9.17) is 27.7 Å². The number of nitrogens with zero attached hydrogens (tertiary/aromatic N) is 2. The number of benzene rings is 2. The van der Waals surface area contributed by atoms with Gasteiger partial charge in [-0.05, 0) is 19.1 Å². The van der Waals surface area contributed by atoms with Crippen molar-refractivity contribution in [3.05, 3.63) is 76.0 Å². The number of aromatic nitrogens is 1. The summed E-state index contributed by atoms with van der Waals surface area (Å²) in [6.07, 6.45) is 0. The third-order valence-electron chi connectivity index (χ3n) is 4.69. The molecular weight excluding hydrogens is 401 g/mol. The molecule has 1 aliphatic rings. The van der Waals surface area contributed by atoms with Crippen molar-refractivity contribution in [1.82, 2.24) is 15.4 Å². The van der Waals surface area contributed by atoms with E-state index in [-0.39, 0.29) is 6.54 Å². The van der Waals surface area contributed by atoms with Gasteiger partial charge in [0.2, 0.25) is 0 Å². The zero-order valence-corrected chi connectivity index (χ0v) is 16.3. The van der Waals surface area contributed by atoms with Crippen molar-refractivity contribution in [2.24, 2.45) is 0 Å². The SMILES string of the molecule is CC1(c2ccc(Cl)cc2Cl)NC(=O)N(Cc2cc(-c3ccccc3)no2)C1=O. The molecule has 8 heteroatoms. The van der Waals surface area contributed by atoms with Crippen molar-refractivity contribution in [2.45, 2.75) is 19.0 Å². The Morgan fingerprint density at radius 1 is 1.11 bits per heavy atom. The van der Waals surface area contributed by atoms with Crippen LogP contribution in [0.15, 0.2) is 59.1 Å². The first-order valence-corrected chi connectivity index (χ1v) is 9.25. The lowest BCUT2D eigenvalue weighted by Crippen LogP contribution is -2.41. The van der Waals surface area contributed by atoms with Gasteiger partial charge in [-0.25, -0.2) is 4.79 Å². The van der Waals surface area contributed by atoms with E-state index in [0.717, 1.165) is 10.5 Å². The van der Waals surface area contributed by atoms with Crippen molar-refractivity contribution in [1.29, 1.82) is 0 Å². The lowest BCUT2D eigenvalue weighted by Gasteiger charge is -2.23. The van der Waals surface area contributed by atoms with Crippen LogP contribution in [0, 0.1) is 0 Å². The van der Waals surface area contributed by atoms with Crippen LogP contribution in [0.2, 0.25) is 10.0 Å². The van der Waals surface area contributed by atoms with E-state index in [1.165, 1.54) is 6.07 Å². The fourth-order valence-electron chi connectivity index (χ4n) is 3.21. The molecular formula is C20H15Cl2N3O3. The van der Waals surface area contributed by atoms with Crippen LogP contribution in [0.25, 0.3) is 11.3 Å². The van der Waals surface area contributed by atoms with Gasteiger partial charge in [0.25, 0.3) is 5.91 Å². The van der Waals surface area contributed by atoms with Crippen LogP contribution in [0.4, 0.5) is 4.79 Å². The van der Waals surface area contributed by atoms with E-state index >= 15 is 0 Å². The fourth-order valence-corrected chi connectivity index (χ4v) is 3.80. The monoisotopic (exact) mass is 415 g/mol. The summed E-state index contributed by atoms with van der Waals surface area (Å²) >= 11 is 12.2. The van der Waals surface area contributed by atoms with E-state index in [2.05, 4.69) is 10.5 Å². The van der Waals surface area contributed by atoms with Crippen LogP contribution in [0.3, 0.4) is 0 Å². The van der Waals surface area contributed by atoms with Gasteiger partial charge in [-0.1, -0.05) is 64.8 Å². The molecule has 0 aliphatic carbocycles. The predicted molar refractivity (Wildman–Crippen MR) is 105 cm³/mol. The maximum absolute atomic E-state index is 13.0. The molecule has 1 aromatic heterocycles. The summed E-state index contributed by atoms with van der Waals surface area (Å²) in [5, 5.41) is 7.48. The zero-order chi connectivity index (χ0) is 19.9. The van der Waals surface area contributed by atoms with Crippen molar-refractivity contribution < 1.29 is 14.1 Å². The van der Waals surface area contributed by atoms with E-state index in [0.29, 0.717) is 27.1 Å². The Morgan fingerprint density at radius 2 is 1.86 bits per heavy atom. The van der Waals surface area contributed by atoms with Crippen molar-refractivity contribution >= 4 is 35.1 Å². The maximum atomic E-state index is 13.0. The largest absolute Gasteiger partial charge is 0.359 e. The Kier molecular flexibility index (Phi) is 4.61. The first-order chi connectivity index (χ1) is 13.4. The molecule has 6 nitrogen and oxygen atoms in total. The quantitative estimate of drug-likeness (QED) is 0.630. The van der Waals surface area contributed by atoms with Crippen molar-refractivity contribution in [3.63, 3.8) is 0 Å². The van der Waals surface area contributed by atoms with Gasteiger partial charge in [0.15, 0.2) is 5.76 Å². The third kappa shape index (κ3) is 3.15. The van der Waals surface area contributed by atoms with E-state index in [9.17, 15) is 9.59 Å². The van der Waals surface area contributed by atoms with Crippen LogP contribution >= 0.6 is 23.2 Å². The van der Waals surface area contributed by atoms with Gasteiger partial charge in [0.1, 0.15) is 11.2 Å². The summed E-state index contributed by atoms with van der Waals surface area (Å²) in [5.74, 6) is -0.0341. The zero-order valence-electron chi connectivity index (χ0n) is 14.8. The topological polar surface area (TPSA) is 75.4 Å². The third-order valence-corrected chi connectivity index (χ3v) is 5.24. The molecule has 142 valence electrons. The van der Waals surface area contributed by atoms with Gasteiger partial charge in [0, 0.05) is 27.2 Å². The maximum Gasteiger partial charge on any atom is 0.325 e. The molecule has 1 fully saturated rings. The molecule has 0 saturated carbocycles. The number of rotatable bonds is 4. The molecule has 0 spiro atoms.